The average Bonchev–Trinajstić information content (AvgIpc) is 3.85. The van der Waals surface area contributed by atoms with Crippen LogP contribution in [0.1, 0.15) is 22.3 Å². The Morgan fingerprint density at radius 3 is 1.63 bits per heavy atom. The van der Waals surface area contributed by atoms with Gasteiger partial charge in [0.1, 0.15) is 11.3 Å². The first-order valence-corrected chi connectivity index (χ1v) is 17.7. The molecular weight excluding hydrogens is 633 g/mol. The number of nitrogens with zero attached hydrogens (tertiary/aromatic N) is 2. The van der Waals surface area contributed by atoms with E-state index in [-0.39, 0.29) is 0 Å². The Balaban J connectivity index is 1.17. The summed E-state index contributed by atoms with van der Waals surface area (Å²) in [6, 6.07) is 64.6. The molecule has 0 saturated heterocycles. The van der Waals surface area contributed by atoms with Crippen molar-refractivity contribution in [1.29, 1.82) is 0 Å². The Labute approximate surface area is 301 Å². The molecule has 11 rings (SSSR count). The summed E-state index contributed by atoms with van der Waals surface area (Å²) in [6.07, 6.45) is 0. The minimum atomic E-state index is -0.528. The fraction of sp³-hybridized carbons (Fsp3) is 0.0204. The summed E-state index contributed by atoms with van der Waals surface area (Å²) in [4.78, 5) is 10.4. The zero-order chi connectivity index (χ0) is 34.2. The van der Waals surface area contributed by atoms with Crippen LogP contribution in [0.3, 0.4) is 0 Å². The lowest BCUT2D eigenvalue weighted by molar-refractivity contribution is 0.628. The topological polar surface area (TPSA) is 38.9 Å². The number of rotatable bonds is 4. The van der Waals surface area contributed by atoms with Gasteiger partial charge in [0.15, 0.2) is 5.82 Å². The molecule has 0 aliphatic heterocycles. The molecule has 3 heteroatoms. The van der Waals surface area contributed by atoms with Crippen molar-refractivity contribution >= 4 is 11.0 Å². The van der Waals surface area contributed by atoms with Crippen LogP contribution >= 0.6 is 0 Å². The van der Waals surface area contributed by atoms with Crippen molar-refractivity contribution in [3.63, 3.8) is 0 Å². The largest absolute Gasteiger partial charge is 0.456 e. The minimum Gasteiger partial charge on any atom is -0.456 e. The van der Waals surface area contributed by atoms with Crippen molar-refractivity contribution in [3.05, 3.63) is 204 Å². The van der Waals surface area contributed by atoms with Crippen LogP contribution in [-0.2, 0) is 5.41 Å². The molecule has 3 nitrogen and oxygen atoms in total. The smallest absolute Gasteiger partial charge is 0.161 e. The van der Waals surface area contributed by atoms with Gasteiger partial charge in [-0.05, 0) is 57.1 Å². The van der Waals surface area contributed by atoms with Gasteiger partial charge in [0.25, 0.3) is 0 Å². The second-order valence-corrected chi connectivity index (χ2v) is 13.6. The molecule has 2 aliphatic carbocycles. The van der Waals surface area contributed by atoms with E-state index in [1.165, 1.54) is 33.4 Å². The second kappa shape index (κ2) is 11.1. The molecule has 2 aromatic heterocycles. The summed E-state index contributed by atoms with van der Waals surface area (Å²) in [5.74, 6) is 1.66. The van der Waals surface area contributed by atoms with E-state index < -0.39 is 5.41 Å². The van der Waals surface area contributed by atoms with Crippen LogP contribution in [0, 0.1) is 0 Å². The first-order chi connectivity index (χ1) is 25.8. The number of furan rings is 1. The summed E-state index contributed by atoms with van der Waals surface area (Å²) >= 11 is 0. The van der Waals surface area contributed by atoms with Crippen molar-refractivity contribution in [2.24, 2.45) is 0 Å². The van der Waals surface area contributed by atoms with E-state index in [1.807, 2.05) is 12.1 Å². The maximum absolute atomic E-state index is 6.72. The number of para-hydroxylation sites is 1. The van der Waals surface area contributed by atoms with E-state index in [0.717, 1.165) is 61.5 Å². The number of fused-ring (bicyclic) bond motifs is 12. The third kappa shape index (κ3) is 4.02. The van der Waals surface area contributed by atoms with E-state index in [9.17, 15) is 0 Å². The Hall–Kier alpha value is -6.84. The fourth-order valence-electron chi connectivity index (χ4n) is 8.77. The predicted molar refractivity (Wildman–Crippen MR) is 210 cm³/mol. The van der Waals surface area contributed by atoms with Crippen molar-refractivity contribution in [1.82, 2.24) is 9.97 Å². The van der Waals surface area contributed by atoms with Crippen LogP contribution in [0.15, 0.2) is 186 Å². The molecule has 52 heavy (non-hydrogen) atoms. The molecule has 0 saturated carbocycles. The zero-order valence-corrected chi connectivity index (χ0v) is 28.1. The van der Waals surface area contributed by atoms with Gasteiger partial charge in [-0.2, -0.15) is 0 Å². The van der Waals surface area contributed by atoms with Gasteiger partial charge in [0.05, 0.1) is 16.8 Å². The number of hydrogen-bond donors (Lipinski definition) is 0. The molecule has 242 valence electrons. The van der Waals surface area contributed by atoms with E-state index in [1.54, 1.807) is 0 Å². The number of hydrogen-bond acceptors (Lipinski definition) is 3. The lowest BCUT2D eigenvalue weighted by atomic mass is 9.70. The fourth-order valence-corrected chi connectivity index (χ4v) is 8.77. The molecule has 2 heterocycles. The van der Waals surface area contributed by atoms with Gasteiger partial charge in [-0.1, -0.05) is 164 Å². The first-order valence-electron chi connectivity index (χ1n) is 17.7. The lowest BCUT2D eigenvalue weighted by Crippen LogP contribution is -2.25. The van der Waals surface area contributed by atoms with Crippen LogP contribution in [-0.4, -0.2) is 9.97 Å². The SMILES string of the molecule is c1ccc(-c2cc(-c3ccccc3)nc(-c3ccccc3-c3ccc4c(c3)C3(c5ccccc5-4)c4ccccc4-c4oc5ccccc5c43)n2)cc1. The van der Waals surface area contributed by atoms with E-state index in [0.29, 0.717) is 5.82 Å². The van der Waals surface area contributed by atoms with Crippen LogP contribution in [0.5, 0.6) is 0 Å². The molecule has 1 spiro atoms. The van der Waals surface area contributed by atoms with Gasteiger partial charge >= 0.3 is 0 Å². The highest BCUT2D eigenvalue weighted by Gasteiger charge is 2.54. The number of aromatic nitrogens is 2. The van der Waals surface area contributed by atoms with Crippen molar-refractivity contribution < 1.29 is 4.42 Å². The van der Waals surface area contributed by atoms with E-state index in [4.69, 9.17) is 14.4 Å². The molecule has 0 N–H and O–H groups in total. The normalized spacial score (nSPS) is 15.0. The van der Waals surface area contributed by atoms with E-state index in [2.05, 4.69) is 170 Å². The highest BCUT2D eigenvalue weighted by Crippen LogP contribution is 2.65. The molecule has 9 aromatic rings. The monoisotopic (exact) mass is 662 g/mol. The van der Waals surface area contributed by atoms with Crippen molar-refractivity contribution in [2.75, 3.05) is 0 Å². The molecule has 0 fully saturated rings. The Morgan fingerprint density at radius 2 is 0.923 bits per heavy atom. The van der Waals surface area contributed by atoms with Gasteiger partial charge in [-0.15, -0.1) is 0 Å². The lowest BCUT2D eigenvalue weighted by Gasteiger charge is -2.30. The highest BCUT2D eigenvalue weighted by molar-refractivity contribution is 6.02. The molecule has 0 radical (unpaired) electrons. The van der Waals surface area contributed by atoms with Crippen LogP contribution < -0.4 is 0 Å². The molecule has 2 aliphatic rings. The standard InChI is InChI=1S/C49H30N2O/c1-3-15-31(16-4-1)43-30-44(32-17-5-2-6-18-32)51-48(50-43)37-21-8-7-19-34(37)33-27-28-36-35-20-9-12-24-40(35)49(42(36)29-33)41-25-13-10-22-38(41)47-46(49)39-23-11-14-26-45(39)52-47/h1-30H. The molecular formula is C49H30N2O. The van der Waals surface area contributed by atoms with Crippen LogP contribution in [0.25, 0.3) is 78.4 Å². The summed E-state index contributed by atoms with van der Waals surface area (Å²) < 4.78 is 6.72. The van der Waals surface area contributed by atoms with Gasteiger partial charge in [-0.25, -0.2) is 9.97 Å². The Kier molecular flexibility index (Phi) is 6.17. The molecule has 0 amide bonds. The highest BCUT2D eigenvalue weighted by atomic mass is 16.3. The third-order valence-corrected chi connectivity index (χ3v) is 10.9. The first kappa shape index (κ1) is 28.9. The third-order valence-electron chi connectivity index (χ3n) is 10.9. The molecule has 1 atom stereocenters. The summed E-state index contributed by atoms with van der Waals surface area (Å²) in [5.41, 5.74) is 16.2. The maximum atomic E-state index is 6.72. The second-order valence-electron chi connectivity index (χ2n) is 13.6. The maximum Gasteiger partial charge on any atom is 0.161 e. The minimum absolute atomic E-state index is 0.528. The van der Waals surface area contributed by atoms with Crippen LogP contribution in [0.2, 0.25) is 0 Å². The van der Waals surface area contributed by atoms with Gasteiger partial charge < -0.3 is 4.42 Å². The summed E-state index contributed by atoms with van der Waals surface area (Å²) in [5, 5.41) is 1.15. The summed E-state index contributed by atoms with van der Waals surface area (Å²) in [7, 11) is 0. The Morgan fingerprint density at radius 1 is 0.385 bits per heavy atom. The van der Waals surface area contributed by atoms with Gasteiger partial charge in [0.2, 0.25) is 0 Å². The Bertz CT molecular complexity index is 2800. The zero-order valence-electron chi connectivity index (χ0n) is 28.1. The van der Waals surface area contributed by atoms with E-state index >= 15 is 0 Å². The summed E-state index contributed by atoms with van der Waals surface area (Å²) in [6.45, 7) is 0. The number of benzene rings is 7. The average molecular weight is 663 g/mol. The quantitative estimate of drug-likeness (QED) is 0.188. The van der Waals surface area contributed by atoms with Gasteiger partial charge in [0, 0.05) is 33.2 Å². The molecule has 7 aromatic carbocycles. The van der Waals surface area contributed by atoms with Crippen molar-refractivity contribution in [2.45, 2.75) is 5.41 Å². The van der Waals surface area contributed by atoms with Crippen molar-refractivity contribution in [3.8, 4) is 67.5 Å². The van der Waals surface area contributed by atoms with Crippen LogP contribution in [0.4, 0.5) is 0 Å². The van der Waals surface area contributed by atoms with Gasteiger partial charge in [-0.3, -0.25) is 0 Å². The molecule has 0 bridgehead atoms. The predicted octanol–water partition coefficient (Wildman–Crippen LogP) is 12.2. The molecule has 1 unspecified atom stereocenters.